The second-order valence-corrected chi connectivity index (χ2v) is 16.2. The predicted octanol–water partition coefficient (Wildman–Crippen LogP) is 17.5. The van der Waals surface area contributed by atoms with Gasteiger partial charge in [-0.2, -0.15) is 54.7 Å². The molecule has 5 aromatic carbocycles. The van der Waals surface area contributed by atoms with Crippen molar-refractivity contribution in [1.29, 1.82) is 0 Å². The van der Waals surface area contributed by atoms with Gasteiger partial charge in [0.25, 0.3) is 0 Å². The van der Waals surface area contributed by atoms with Crippen LogP contribution in [0.4, 0.5) is 0 Å². The Bertz CT molecular complexity index is 1690. The first-order valence-corrected chi connectivity index (χ1v) is 22.5. The van der Waals surface area contributed by atoms with E-state index in [1.807, 2.05) is 30.3 Å². The van der Waals surface area contributed by atoms with Crippen molar-refractivity contribution in [3.8, 4) is 33.4 Å². The SMILES string of the molecule is Cc1[c-]c2c(c(C)c1C)-c1c(cc(-c3ccccc3)c(-c3ccccc3)c1C)C2.[CH-]1CCCCCCCCCCC1.[CH2-]CCCCCCCCC.[Ti+4].c1cc[cH-]c1. The van der Waals surface area contributed by atoms with Crippen LogP contribution in [0.3, 0.4) is 0 Å². The molecule has 0 radical (unpaired) electrons. The molecule has 5 aromatic rings. The average molecular weight is 795 g/mol. The Kier molecular flexibility index (Phi) is 24.1. The molecule has 7 rings (SSSR count). The fourth-order valence-electron chi connectivity index (χ4n) is 8.35. The summed E-state index contributed by atoms with van der Waals surface area (Å²) >= 11 is 0. The molecule has 302 valence electrons. The summed E-state index contributed by atoms with van der Waals surface area (Å²) in [6.07, 6.45) is 30.4. The third-order valence-corrected chi connectivity index (χ3v) is 11.8. The summed E-state index contributed by atoms with van der Waals surface area (Å²) in [7, 11) is 0. The Balaban J connectivity index is 0.000000256. The van der Waals surface area contributed by atoms with Gasteiger partial charge in [-0.3, -0.25) is 0 Å². The maximum Gasteiger partial charge on any atom is 4.00 e. The van der Waals surface area contributed by atoms with Gasteiger partial charge in [-0.25, -0.2) is 12.1 Å². The van der Waals surface area contributed by atoms with Crippen molar-refractivity contribution < 1.29 is 21.7 Å². The molecule has 2 aliphatic carbocycles. The minimum Gasteiger partial charge on any atom is -0.343 e. The van der Waals surface area contributed by atoms with E-state index in [0.29, 0.717) is 0 Å². The summed E-state index contributed by atoms with van der Waals surface area (Å²) in [6.45, 7) is 15.1. The molecule has 0 saturated heterocycles. The first-order valence-electron chi connectivity index (χ1n) is 22.5. The summed E-state index contributed by atoms with van der Waals surface area (Å²) in [5.41, 5.74) is 16.3. The Morgan fingerprint density at radius 1 is 0.561 bits per heavy atom. The van der Waals surface area contributed by atoms with Crippen molar-refractivity contribution in [2.75, 3.05) is 0 Å². The summed E-state index contributed by atoms with van der Waals surface area (Å²) < 4.78 is 0. The standard InChI is InChI=1S/C29H25.C12H23.C10H21.C5H5.Ti/c1-18-15-24-16-25-17-26(22-11-7-5-8-12-22)27(23-13-9-6-10-14-23)21(4)29(25)28(24)20(3)19(18)2;1-2-4-6-8-10-12-11-9-7-5-3-1;1-3-5-7-9-10-8-6-4-2;1-2-4-5-3-1;/h5-14,17H,16H2,1-4H3;1H,2-12H2;1,3-10H2,2H3;1-5H;/q4*-1;+4. The van der Waals surface area contributed by atoms with Crippen molar-refractivity contribution in [2.45, 2.75) is 163 Å². The van der Waals surface area contributed by atoms with Gasteiger partial charge in [0.05, 0.1) is 0 Å². The molecule has 0 bridgehead atoms. The number of hydrogen-bond donors (Lipinski definition) is 0. The second kappa shape index (κ2) is 28.4. The Morgan fingerprint density at radius 3 is 1.61 bits per heavy atom. The summed E-state index contributed by atoms with van der Waals surface area (Å²) in [6, 6.07) is 37.7. The molecule has 1 fully saturated rings. The van der Waals surface area contributed by atoms with Crippen LogP contribution in [-0.4, -0.2) is 0 Å². The normalized spacial score (nSPS) is 13.6. The fourth-order valence-corrected chi connectivity index (χ4v) is 8.35. The number of unbranched alkanes of at least 4 members (excludes halogenated alkanes) is 7. The van der Waals surface area contributed by atoms with Crippen LogP contribution in [0.2, 0.25) is 0 Å². The van der Waals surface area contributed by atoms with E-state index in [1.165, 1.54) is 182 Å². The summed E-state index contributed by atoms with van der Waals surface area (Å²) in [5.74, 6) is 0. The molecule has 0 aromatic heterocycles. The third-order valence-electron chi connectivity index (χ3n) is 11.8. The first kappa shape index (κ1) is 48.3. The van der Waals surface area contributed by atoms with Crippen LogP contribution < -0.4 is 0 Å². The molecule has 0 heterocycles. The van der Waals surface area contributed by atoms with Crippen LogP contribution in [0.5, 0.6) is 0 Å². The Labute approximate surface area is 366 Å². The van der Waals surface area contributed by atoms with Gasteiger partial charge >= 0.3 is 21.7 Å². The van der Waals surface area contributed by atoms with Gasteiger partial charge in [-0.1, -0.05) is 203 Å². The van der Waals surface area contributed by atoms with Gasteiger partial charge in [0.15, 0.2) is 0 Å². The number of hydrogen-bond acceptors (Lipinski definition) is 0. The zero-order valence-corrected chi connectivity index (χ0v) is 38.2. The van der Waals surface area contributed by atoms with Crippen LogP contribution in [-0.2, 0) is 28.1 Å². The number of aryl methyl sites for hydroxylation is 1. The van der Waals surface area contributed by atoms with Crippen LogP contribution in [0.15, 0.2) is 97.1 Å². The summed E-state index contributed by atoms with van der Waals surface area (Å²) in [4.78, 5) is 0. The van der Waals surface area contributed by atoms with E-state index in [-0.39, 0.29) is 21.7 Å². The molecule has 0 N–H and O–H groups in total. The quantitative estimate of drug-likeness (QED) is 0.0777. The molecule has 0 nitrogen and oxygen atoms in total. The minimum atomic E-state index is 0. The van der Waals surface area contributed by atoms with Crippen LogP contribution in [0, 0.1) is 47.1 Å². The largest absolute Gasteiger partial charge is 4.00 e. The summed E-state index contributed by atoms with van der Waals surface area (Å²) in [5, 5.41) is 0. The van der Waals surface area contributed by atoms with Gasteiger partial charge in [0.2, 0.25) is 0 Å². The molecule has 1 saturated carbocycles. The van der Waals surface area contributed by atoms with E-state index in [4.69, 9.17) is 0 Å². The molecule has 1 heteroatoms. The topological polar surface area (TPSA) is 0 Å². The predicted molar refractivity (Wildman–Crippen MR) is 248 cm³/mol. The smallest absolute Gasteiger partial charge is 0.343 e. The van der Waals surface area contributed by atoms with Crippen LogP contribution in [0.1, 0.15) is 162 Å². The van der Waals surface area contributed by atoms with E-state index in [9.17, 15) is 0 Å². The van der Waals surface area contributed by atoms with Crippen LogP contribution >= 0.6 is 0 Å². The van der Waals surface area contributed by atoms with Gasteiger partial charge in [-0.05, 0) is 46.7 Å². The second-order valence-electron chi connectivity index (χ2n) is 16.2. The van der Waals surface area contributed by atoms with Crippen molar-refractivity contribution in [1.82, 2.24) is 0 Å². The van der Waals surface area contributed by atoms with Crippen molar-refractivity contribution in [2.24, 2.45) is 0 Å². The van der Waals surface area contributed by atoms with Crippen LogP contribution in [0.25, 0.3) is 33.4 Å². The van der Waals surface area contributed by atoms with Gasteiger partial charge in [-0.15, -0.1) is 16.7 Å². The van der Waals surface area contributed by atoms with Gasteiger partial charge < -0.3 is 13.3 Å². The maximum atomic E-state index is 3.82. The zero-order valence-electron chi connectivity index (χ0n) is 36.7. The van der Waals surface area contributed by atoms with E-state index < -0.39 is 0 Å². The molecular formula is C56H74Ti. The molecule has 0 atom stereocenters. The molecular weight excluding hydrogens is 720 g/mol. The van der Waals surface area contributed by atoms with E-state index >= 15 is 0 Å². The van der Waals surface area contributed by atoms with E-state index in [0.717, 1.165) is 12.8 Å². The van der Waals surface area contributed by atoms with Crippen molar-refractivity contribution >= 4 is 0 Å². The zero-order chi connectivity index (χ0) is 39.8. The number of fused-ring (bicyclic) bond motifs is 3. The fraction of sp³-hybridized carbons (Fsp3) is 0.446. The molecule has 2 aliphatic rings. The van der Waals surface area contributed by atoms with Gasteiger partial charge in [0, 0.05) is 0 Å². The number of benzene rings is 4. The third kappa shape index (κ3) is 15.9. The Hall–Kier alpha value is -3.06. The monoisotopic (exact) mass is 795 g/mol. The average Bonchev–Trinajstić information content (AvgIpc) is 3.93. The molecule has 0 aliphatic heterocycles. The molecule has 0 amide bonds. The molecule has 0 spiro atoms. The van der Waals surface area contributed by atoms with Gasteiger partial charge in [0.1, 0.15) is 0 Å². The molecule has 0 unspecified atom stereocenters. The minimum absolute atomic E-state index is 0. The maximum absolute atomic E-state index is 3.82. The van der Waals surface area contributed by atoms with Crippen molar-refractivity contribution in [3.05, 3.63) is 150 Å². The number of rotatable bonds is 9. The van der Waals surface area contributed by atoms with E-state index in [2.05, 4.69) is 121 Å². The Morgan fingerprint density at radius 2 is 1.09 bits per heavy atom. The molecule has 57 heavy (non-hydrogen) atoms. The van der Waals surface area contributed by atoms with Crippen molar-refractivity contribution in [3.63, 3.8) is 0 Å². The van der Waals surface area contributed by atoms with E-state index in [1.54, 1.807) is 0 Å². The first-order chi connectivity index (χ1) is 27.5.